The predicted molar refractivity (Wildman–Crippen MR) is 53.8 cm³/mol. The molecule has 2 heteroatoms. The normalized spacial score (nSPS) is 10.7. The van der Waals surface area contributed by atoms with E-state index in [0.717, 1.165) is 30.7 Å². The van der Waals surface area contributed by atoms with E-state index in [9.17, 15) is 0 Å². The molecular formula is C11H19NO. The van der Waals surface area contributed by atoms with E-state index in [4.69, 9.17) is 4.52 Å². The fraction of sp³-hybridized carbons (Fsp3) is 0.727. The smallest absolute Gasteiger partial charge is 0.139 e. The van der Waals surface area contributed by atoms with Crippen LogP contribution in [0.1, 0.15) is 50.1 Å². The van der Waals surface area contributed by atoms with Gasteiger partial charge < -0.3 is 4.52 Å². The molecule has 0 saturated heterocycles. The third-order valence-electron chi connectivity index (χ3n) is 2.36. The van der Waals surface area contributed by atoms with E-state index in [2.05, 4.69) is 25.9 Å². The van der Waals surface area contributed by atoms with Crippen LogP contribution < -0.4 is 0 Å². The molecule has 0 amide bonds. The second-order valence-corrected chi connectivity index (χ2v) is 3.53. The van der Waals surface area contributed by atoms with Gasteiger partial charge in [0.15, 0.2) is 0 Å². The fourth-order valence-corrected chi connectivity index (χ4v) is 1.45. The zero-order valence-electron chi connectivity index (χ0n) is 8.89. The molecule has 0 N–H and O–H groups in total. The van der Waals surface area contributed by atoms with Gasteiger partial charge in [-0.15, -0.1) is 0 Å². The van der Waals surface area contributed by atoms with Gasteiger partial charge in [-0.1, -0.05) is 31.8 Å². The highest BCUT2D eigenvalue weighted by Crippen LogP contribution is 2.16. The minimum absolute atomic E-state index is 1.04. The first-order chi connectivity index (χ1) is 6.29. The SMILES string of the molecule is CCCCc1onc(CCC)c1C. The Morgan fingerprint density at radius 3 is 2.54 bits per heavy atom. The van der Waals surface area contributed by atoms with Crippen LogP contribution in [0.4, 0.5) is 0 Å². The Hall–Kier alpha value is -0.790. The van der Waals surface area contributed by atoms with E-state index < -0.39 is 0 Å². The van der Waals surface area contributed by atoms with Gasteiger partial charge >= 0.3 is 0 Å². The average Bonchev–Trinajstić information content (AvgIpc) is 2.46. The maximum atomic E-state index is 5.30. The molecule has 0 aliphatic heterocycles. The molecule has 0 spiro atoms. The number of nitrogens with zero attached hydrogens (tertiary/aromatic N) is 1. The summed E-state index contributed by atoms with van der Waals surface area (Å²) in [6, 6.07) is 0. The van der Waals surface area contributed by atoms with Gasteiger partial charge in [-0.05, 0) is 19.8 Å². The molecule has 0 atom stereocenters. The first kappa shape index (κ1) is 10.3. The highest BCUT2D eigenvalue weighted by Gasteiger charge is 2.09. The Balaban J connectivity index is 2.62. The van der Waals surface area contributed by atoms with Crippen LogP contribution in [0.5, 0.6) is 0 Å². The van der Waals surface area contributed by atoms with E-state index in [1.54, 1.807) is 0 Å². The van der Waals surface area contributed by atoms with Gasteiger partial charge in [-0.2, -0.15) is 0 Å². The van der Waals surface area contributed by atoms with Crippen molar-refractivity contribution in [3.63, 3.8) is 0 Å². The summed E-state index contributed by atoms with van der Waals surface area (Å²) in [5, 5.41) is 4.08. The minimum Gasteiger partial charge on any atom is -0.361 e. The highest BCUT2D eigenvalue weighted by molar-refractivity contribution is 5.21. The summed E-state index contributed by atoms with van der Waals surface area (Å²) in [5.74, 6) is 1.09. The van der Waals surface area contributed by atoms with Crippen LogP contribution in [0.15, 0.2) is 4.52 Å². The van der Waals surface area contributed by atoms with Gasteiger partial charge in [0.25, 0.3) is 0 Å². The van der Waals surface area contributed by atoms with E-state index in [-0.39, 0.29) is 0 Å². The Labute approximate surface area is 80.3 Å². The number of rotatable bonds is 5. The van der Waals surface area contributed by atoms with E-state index in [1.165, 1.54) is 18.4 Å². The Morgan fingerprint density at radius 2 is 1.92 bits per heavy atom. The Kier molecular flexibility index (Phi) is 4.00. The first-order valence-electron chi connectivity index (χ1n) is 5.23. The van der Waals surface area contributed by atoms with Crippen molar-refractivity contribution in [3.05, 3.63) is 17.0 Å². The summed E-state index contributed by atoms with van der Waals surface area (Å²) in [7, 11) is 0. The van der Waals surface area contributed by atoms with Crippen LogP contribution >= 0.6 is 0 Å². The summed E-state index contributed by atoms with van der Waals surface area (Å²) in [4.78, 5) is 0. The van der Waals surface area contributed by atoms with Crippen LogP contribution in [0.25, 0.3) is 0 Å². The number of aryl methyl sites for hydroxylation is 2. The van der Waals surface area contributed by atoms with Crippen molar-refractivity contribution in [2.45, 2.75) is 52.9 Å². The van der Waals surface area contributed by atoms with E-state index in [1.807, 2.05) is 0 Å². The molecule has 2 nitrogen and oxygen atoms in total. The van der Waals surface area contributed by atoms with Crippen molar-refractivity contribution in [3.8, 4) is 0 Å². The van der Waals surface area contributed by atoms with Crippen LogP contribution in [0.3, 0.4) is 0 Å². The molecule has 0 saturated carbocycles. The van der Waals surface area contributed by atoms with Gasteiger partial charge in [0.2, 0.25) is 0 Å². The van der Waals surface area contributed by atoms with Gasteiger partial charge in [-0.25, -0.2) is 0 Å². The molecule has 1 aromatic rings. The molecule has 0 unspecified atom stereocenters. The Morgan fingerprint density at radius 1 is 1.15 bits per heavy atom. The van der Waals surface area contributed by atoms with Crippen molar-refractivity contribution >= 4 is 0 Å². The molecule has 0 bridgehead atoms. The second kappa shape index (κ2) is 5.05. The van der Waals surface area contributed by atoms with Crippen LogP contribution in [-0.4, -0.2) is 5.16 Å². The number of hydrogen-bond acceptors (Lipinski definition) is 2. The van der Waals surface area contributed by atoms with Crippen molar-refractivity contribution in [1.29, 1.82) is 0 Å². The van der Waals surface area contributed by atoms with Crippen LogP contribution in [-0.2, 0) is 12.8 Å². The molecular weight excluding hydrogens is 162 g/mol. The monoisotopic (exact) mass is 181 g/mol. The highest BCUT2D eigenvalue weighted by atomic mass is 16.5. The van der Waals surface area contributed by atoms with Crippen molar-refractivity contribution in [1.82, 2.24) is 5.16 Å². The standard InChI is InChI=1S/C11H19NO/c1-4-6-8-11-9(3)10(7-5-2)12-13-11/h4-8H2,1-3H3. The molecule has 1 aromatic heterocycles. The zero-order chi connectivity index (χ0) is 9.68. The second-order valence-electron chi connectivity index (χ2n) is 3.53. The lowest BCUT2D eigenvalue weighted by Gasteiger charge is -1.95. The quantitative estimate of drug-likeness (QED) is 0.696. The van der Waals surface area contributed by atoms with Crippen LogP contribution in [0, 0.1) is 6.92 Å². The first-order valence-corrected chi connectivity index (χ1v) is 5.23. The van der Waals surface area contributed by atoms with Gasteiger partial charge in [0, 0.05) is 12.0 Å². The molecule has 1 rings (SSSR count). The molecule has 13 heavy (non-hydrogen) atoms. The van der Waals surface area contributed by atoms with E-state index >= 15 is 0 Å². The third-order valence-corrected chi connectivity index (χ3v) is 2.36. The lowest BCUT2D eigenvalue weighted by atomic mass is 10.1. The number of hydrogen-bond donors (Lipinski definition) is 0. The average molecular weight is 181 g/mol. The topological polar surface area (TPSA) is 26.0 Å². The fourth-order valence-electron chi connectivity index (χ4n) is 1.45. The summed E-state index contributed by atoms with van der Waals surface area (Å²) < 4.78 is 5.30. The number of unbranched alkanes of at least 4 members (excludes halogenated alkanes) is 1. The van der Waals surface area contributed by atoms with E-state index in [0.29, 0.717) is 0 Å². The summed E-state index contributed by atoms with van der Waals surface area (Å²) in [5.41, 5.74) is 2.42. The van der Waals surface area contributed by atoms with Crippen molar-refractivity contribution < 1.29 is 4.52 Å². The maximum Gasteiger partial charge on any atom is 0.139 e. The maximum absolute atomic E-state index is 5.30. The van der Waals surface area contributed by atoms with Crippen molar-refractivity contribution in [2.75, 3.05) is 0 Å². The lowest BCUT2D eigenvalue weighted by Crippen LogP contribution is -1.88. The van der Waals surface area contributed by atoms with Gasteiger partial charge in [0.05, 0.1) is 5.69 Å². The molecule has 0 aliphatic carbocycles. The molecule has 0 aliphatic rings. The van der Waals surface area contributed by atoms with Gasteiger partial charge in [0.1, 0.15) is 5.76 Å². The molecule has 74 valence electrons. The molecule has 0 fully saturated rings. The summed E-state index contributed by atoms with van der Waals surface area (Å²) in [6.45, 7) is 6.48. The zero-order valence-corrected chi connectivity index (χ0v) is 8.89. The van der Waals surface area contributed by atoms with Crippen LogP contribution in [0.2, 0.25) is 0 Å². The predicted octanol–water partition coefficient (Wildman–Crippen LogP) is 3.28. The lowest BCUT2D eigenvalue weighted by molar-refractivity contribution is 0.373. The molecule has 1 heterocycles. The summed E-state index contributed by atoms with van der Waals surface area (Å²) in [6.07, 6.45) is 5.63. The number of aromatic nitrogens is 1. The molecule has 0 aromatic carbocycles. The van der Waals surface area contributed by atoms with Crippen molar-refractivity contribution in [2.24, 2.45) is 0 Å². The third kappa shape index (κ3) is 2.58. The largest absolute Gasteiger partial charge is 0.361 e. The Bertz CT molecular complexity index is 253. The minimum atomic E-state index is 1.04. The molecule has 0 radical (unpaired) electrons. The summed E-state index contributed by atoms with van der Waals surface area (Å²) >= 11 is 0. The van der Waals surface area contributed by atoms with Gasteiger partial charge in [-0.3, -0.25) is 0 Å².